The predicted molar refractivity (Wildman–Crippen MR) is 48.8 cm³/mol. The van der Waals surface area contributed by atoms with Crippen molar-refractivity contribution in [2.75, 3.05) is 6.54 Å². The van der Waals surface area contributed by atoms with E-state index in [1.165, 1.54) is 32.1 Å². The quantitative estimate of drug-likeness (QED) is 0.469. The maximum atomic E-state index is 9.86. The van der Waals surface area contributed by atoms with Crippen LogP contribution >= 0.6 is 0 Å². The van der Waals surface area contributed by atoms with Crippen molar-refractivity contribution in [2.24, 2.45) is 10.4 Å². The number of rotatable bonds is 3. The summed E-state index contributed by atoms with van der Waals surface area (Å²) in [5.74, 6) is 0. The Morgan fingerprint density at radius 1 is 1.33 bits per heavy atom. The van der Waals surface area contributed by atoms with Crippen LogP contribution in [0.25, 0.3) is 0 Å². The minimum absolute atomic E-state index is 0.457. The van der Waals surface area contributed by atoms with Crippen molar-refractivity contribution in [3.05, 3.63) is 0 Å². The Morgan fingerprint density at radius 2 is 2.00 bits per heavy atom. The Balaban J connectivity index is 2.31. The van der Waals surface area contributed by atoms with Crippen LogP contribution < -0.4 is 0 Å². The highest BCUT2D eigenvalue weighted by atomic mass is 16.1. The molecule has 0 saturated heterocycles. The Hall–Kier alpha value is -0.620. The maximum Gasteiger partial charge on any atom is 0.234 e. The zero-order valence-electron chi connectivity index (χ0n) is 7.81. The van der Waals surface area contributed by atoms with Gasteiger partial charge in [-0.25, -0.2) is 9.79 Å². The molecular formula is C10H17NO. The van der Waals surface area contributed by atoms with Crippen molar-refractivity contribution < 1.29 is 4.79 Å². The molecule has 0 atom stereocenters. The van der Waals surface area contributed by atoms with Crippen molar-refractivity contribution in [3.63, 3.8) is 0 Å². The van der Waals surface area contributed by atoms with Crippen LogP contribution in [0.2, 0.25) is 0 Å². The van der Waals surface area contributed by atoms with E-state index in [9.17, 15) is 4.79 Å². The van der Waals surface area contributed by atoms with Crippen LogP contribution in [-0.2, 0) is 4.79 Å². The molecule has 0 bridgehead atoms. The Kier molecular flexibility index (Phi) is 3.48. The molecular weight excluding hydrogens is 150 g/mol. The second kappa shape index (κ2) is 4.42. The minimum atomic E-state index is 0.457. The van der Waals surface area contributed by atoms with Crippen molar-refractivity contribution in [2.45, 2.75) is 45.4 Å². The highest BCUT2D eigenvalue weighted by Gasteiger charge is 2.25. The van der Waals surface area contributed by atoms with E-state index in [0.717, 1.165) is 6.42 Å². The molecule has 0 amide bonds. The summed E-state index contributed by atoms with van der Waals surface area (Å²) in [4.78, 5) is 13.5. The highest BCUT2D eigenvalue weighted by Crippen LogP contribution is 2.38. The summed E-state index contributed by atoms with van der Waals surface area (Å²) in [6, 6.07) is 0. The topological polar surface area (TPSA) is 29.4 Å². The summed E-state index contributed by atoms with van der Waals surface area (Å²) < 4.78 is 0. The van der Waals surface area contributed by atoms with Crippen LogP contribution in [0.3, 0.4) is 0 Å². The molecule has 0 N–H and O–H groups in total. The van der Waals surface area contributed by atoms with E-state index in [1.807, 2.05) is 0 Å². The minimum Gasteiger partial charge on any atom is -0.211 e. The zero-order chi connectivity index (χ0) is 8.86. The number of carbonyl (C=O) groups excluding carboxylic acids is 1. The first kappa shape index (κ1) is 9.47. The van der Waals surface area contributed by atoms with E-state index < -0.39 is 0 Å². The van der Waals surface area contributed by atoms with Crippen LogP contribution in [-0.4, -0.2) is 12.6 Å². The second-order valence-corrected chi connectivity index (χ2v) is 4.09. The van der Waals surface area contributed by atoms with Gasteiger partial charge in [0, 0.05) is 0 Å². The van der Waals surface area contributed by atoms with Gasteiger partial charge in [0.25, 0.3) is 0 Å². The summed E-state index contributed by atoms with van der Waals surface area (Å²) >= 11 is 0. The normalized spacial score (nSPS) is 21.4. The molecule has 2 nitrogen and oxygen atoms in total. The lowest BCUT2D eigenvalue weighted by molar-refractivity contribution is 0.203. The van der Waals surface area contributed by atoms with Crippen molar-refractivity contribution >= 4 is 6.08 Å². The second-order valence-electron chi connectivity index (χ2n) is 4.09. The van der Waals surface area contributed by atoms with Crippen LogP contribution in [0.15, 0.2) is 4.99 Å². The molecule has 2 heteroatoms. The molecule has 1 rings (SSSR count). The SMILES string of the molecule is CC1(CCN=C=O)CCCCC1. The molecule has 0 unspecified atom stereocenters. The molecule has 68 valence electrons. The summed E-state index contributed by atoms with van der Waals surface area (Å²) in [7, 11) is 0. The monoisotopic (exact) mass is 167 g/mol. The van der Waals surface area contributed by atoms with Crippen molar-refractivity contribution in [3.8, 4) is 0 Å². The molecule has 0 spiro atoms. The Morgan fingerprint density at radius 3 is 2.58 bits per heavy atom. The van der Waals surface area contributed by atoms with Gasteiger partial charge in [0.1, 0.15) is 0 Å². The van der Waals surface area contributed by atoms with Gasteiger partial charge >= 0.3 is 0 Å². The summed E-state index contributed by atoms with van der Waals surface area (Å²) in [5.41, 5.74) is 0.457. The molecule has 0 aromatic heterocycles. The zero-order valence-corrected chi connectivity index (χ0v) is 7.81. The van der Waals surface area contributed by atoms with E-state index in [4.69, 9.17) is 0 Å². The molecule has 1 fully saturated rings. The third-order valence-corrected chi connectivity index (χ3v) is 2.95. The molecule has 0 radical (unpaired) electrons. The molecule has 0 aromatic carbocycles. The van der Waals surface area contributed by atoms with Gasteiger partial charge < -0.3 is 0 Å². The van der Waals surface area contributed by atoms with Crippen LogP contribution in [0.1, 0.15) is 45.4 Å². The molecule has 1 aliphatic rings. The number of aliphatic imine (C=N–C) groups is 1. The molecule has 1 saturated carbocycles. The smallest absolute Gasteiger partial charge is 0.211 e. The van der Waals surface area contributed by atoms with Gasteiger partial charge in [-0.3, -0.25) is 0 Å². The molecule has 12 heavy (non-hydrogen) atoms. The average Bonchev–Trinajstić information content (AvgIpc) is 2.06. The number of hydrogen-bond donors (Lipinski definition) is 0. The van der Waals surface area contributed by atoms with Gasteiger partial charge in [-0.2, -0.15) is 0 Å². The Bertz CT molecular complexity index is 176. The first-order valence-corrected chi connectivity index (χ1v) is 4.80. The summed E-state index contributed by atoms with van der Waals surface area (Å²) in [5, 5.41) is 0. The lowest BCUT2D eigenvalue weighted by atomic mass is 9.73. The highest BCUT2D eigenvalue weighted by molar-refractivity contribution is 5.32. The van der Waals surface area contributed by atoms with Gasteiger partial charge in [-0.15, -0.1) is 0 Å². The molecule has 1 aliphatic carbocycles. The summed E-state index contributed by atoms with van der Waals surface area (Å²) in [6.45, 7) is 2.98. The van der Waals surface area contributed by atoms with Crippen molar-refractivity contribution in [1.29, 1.82) is 0 Å². The fraction of sp³-hybridized carbons (Fsp3) is 0.900. The van der Waals surface area contributed by atoms with Gasteiger partial charge in [0.2, 0.25) is 6.08 Å². The number of isocyanates is 1. The predicted octanol–water partition coefficient (Wildman–Crippen LogP) is 2.68. The van der Waals surface area contributed by atoms with E-state index in [2.05, 4.69) is 11.9 Å². The van der Waals surface area contributed by atoms with E-state index >= 15 is 0 Å². The van der Waals surface area contributed by atoms with Crippen LogP contribution in [0, 0.1) is 5.41 Å². The van der Waals surface area contributed by atoms with E-state index in [-0.39, 0.29) is 0 Å². The lowest BCUT2D eigenvalue weighted by Gasteiger charge is -2.32. The lowest BCUT2D eigenvalue weighted by Crippen LogP contribution is -2.20. The van der Waals surface area contributed by atoms with Crippen molar-refractivity contribution in [1.82, 2.24) is 0 Å². The fourth-order valence-electron chi connectivity index (χ4n) is 2.03. The Labute approximate surface area is 74.1 Å². The summed E-state index contributed by atoms with van der Waals surface area (Å²) in [6.07, 6.45) is 9.35. The van der Waals surface area contributed by atoms with Crippen LogP contribution in [0.5, 0.6) is 0 Å². The fourth-order valence-corrected chi connectivity index (χ4v) is 2.03. The first-order valence-electron chi connectivity index (χ1n) is 4.80. The molecule has 0 aromatic rings. The molecule has 0 aliphatic heterocycles. The average molecular weight is 167 g/mol. The number of nitrogens with zero attached hydrogens (tertiary/aromatic N) is 1. The molecule has 0 heterocycles. The third kappa shape index (κ3) is 2.78. The first-order chi connectivity index (χ1) is 5.77. The van der Waals surface area contributed by atoms with E-state index in [0.29, 0.717) is 12.0 Å². The van der Waals surface area contributed by atoms with Gasteiger partial charge in [0.15, 0.2) is 0 Å². The number of hydrogen-bond acceptors (Lipinski definition) is 2. The van der Waals surface area contributed by atoms with Gasteiger partial charge in [0.05, 0.1) is 6.54 Å². The van der Waals surface area contributed by atoms with Crippen LogP contribution in [0.4, 0.5) is 0 Å². The maximum absolute atomic E-state index is 9.86. The standard InChI is InChI=1S/C10H17NO/c1-10(7-8-11-9-12)5-3-2-4-6-10/h2-8H2,1H3. The van der Waals surface area contributed by atoms with Gasteiger partial charge in [-0.05, 0) is 24.7 Å². The largest absolute Gasteiger partial charge is 0.234 e. The van der Waals surface area contributed by atoms with Gasteiger partial charge in [-0.1, -0.05) is 26.2 Å². The van der Waals surface area contributed by atoms with E-state index in [1.54, 1.807) is 6.08 Å². The third-order valence-electron chi connectivity index (χ3n) is 2.95.